The van der Waals surface area contributed by atoms with Gasteiger partial charge in [-0.1, -0.05) is 0 Å². The van der Waals surface area contributed by atoms with Gasteiger partial charge in [-0.3, -0.25) is 16.0 Å². The van der Waals surface area contributed by atoms with Crippen LogP contribution in [0.2, 0.25) is 0 Å². The summed E-state index contributed by atoms with van der Waals surface area (Å²) in [6, 6.07) is 8.03. The zero-order valence-electron chi connectivity index (χ0n) is 9.91. The third kappa shape index (κ3) is 3.36. The number of hydrogen-bond donors (Lipinski definition) is 3. The van der Waals surface area contributed by atoms with Gasteiger partial charge in [0.05, 0.1) is 22.8 Å². The molecule has 0 radical (unpaired) electrons. The molecule has 0 unspecified atom stereocenters. The summed E-state index contributed by atoms with van der Waals surface area (Å²) in [6.45, 7) is 0.416. The molecule has 0 saturated carbocycles. The van der Waals surface area contributed by atoms with Gasteiger partial charge in [-0.25, -0.2) is 0 Å². The number of hydrazine groups is 1. The molecule has 0 bridgehead atoms. The Morgan fingerprint density at radius 3 is 2.74 bits per heavy atom. The Labute approximate surface area is 108 Å². The number of nitrogens with one attached hydrogen (secondary N) is 2. The molecule has 0 aliphatic rings. The molecule has 0 atom stereocenters. The number of nitro benzene ring substituents is 1. The van der Waals surface area contributed by atoms with E-state index in [1.165, 1.54) is 12.1 Å². The van der Waals surface area contributed by atoms with E-state index in [0.29, 0.717) is 17.9 Å². The summed E-state index contributed by atoms with van der Waals surface area (Å²) < 4.78 is 0. The van der Waals surface area contributed by atoms with Gasteiger partial charge in [0.1, 0.15) is 0 Å². The highest BCUT2D eigenvalue weighted by Crippen LogP contribution is 2.23. The minimum atomic E-state index is -0.478. The number of nitrogens with zero attached hydrogens (tertiary/aromatic N) is 3. The standard InChI is InChI=1S/C11H12N6O2/c12-15-10-4-9(5-11(6-10)17(18)19)13-7-8-2-1-3-14-16-8/h1-6,13,15H,7,12H2. The summed E-state index contributed by atoms with van der Waals surface area (Å²) in [6.07, 6.45) is 1.58. The molecule has 0 saturated heterocycles. The van der Waals surface area contributed by atoms with Crippen molar-refractivity contribution in [3.8, 4) is 0 Å². The number of nitrogen functional groups attached to an aromatic ring is 1. The number of aromatic nitrogens is 2. The molecule has 8 nitrogen and oxygen atoms in total. The Kier molecular flexibility index (Phi) is 3.84. The average molecular weight is 260 g/mol. The Hall–Kier alpha value is -2.74. The number of anilines is 2. The third-order valence-electron chi connectivity index (χ3n) is 2.40. The summed E-state index contributed by atoms with van der Waals surface area (Å²) >= 11 is 0. The van der Waals surface area contributed by atoms with Crippen molar-refractivity contribution in [2.75, 3.05) is 10.7 Å². The first-order chi connectivity index (χ1) is 9.19. The predicted octanol–water partition coefficient (Wildman–Crippen LogP) is 1.28. The molecule has 0 aliphatic carbocycles. The molecule has 0 amide bonds. The first-order valence-corrected chi connectivity index (χ1v) is 5.45. The Morgan fingerprint density at radius 2 is 2.11 bits per heavy atom. The highest BCUT2D eigenvalue weighted by atomic mass is 16.6. The van der Waals surface area contributed by atoms with Crippen LogP contribution in [0, 0.1) is 10.1 Å². The molecular weight excluding hydrogens is 248 g/mol. The van der Waals surface area contributed by atoms with E-state index in [1.807, 2.05) is 0 Å². The van der Waals surface area contributed by atoms with Crippen LogP contribution in [0.4, 0.5) is 17.1 Å². The SMILES string of the molecule is NNc1cc(NCc2cccnn2)cc([N+](=O)[O-])c1. The van der Waals surface area contributed by atoms with E-state index >= 15 is 0 Å². The minimum absolute atomic E-state index is 0.0444. The smallest absolute Gasteiger partial charge is 0.273 e. The fraction of sp³-hybridized carbons (Fsp3) is 0.0909. The third-order valence-corrected chi connectivity index (χ3v) is 2.40. The Bertz CT molecular complexity index is 575. The van der Waals surface area contributed by atoms with Crippen LogP contribution in [0.1, 0.15) is 5.69 Å². The van der Waals surface area contributed by atoms with Crippen LogP contribution in [0.15, 0.2) is 36.5 Å². The first-order valence-electron chi connectivity index (χ1n) is 5.45. The van der Waals surface area contributed by atoms with E-state index in [1.54, 1.807) is 24.4 Å². The molecular formula is C11H12N6O2. The van der Waals surface area contributed by atoms with Crippen molar-refractivity contribution in [2.45, 2.75) is 6.54 Å². The summed E-state index contributed by atoms with van der Waals surface area (Å²) in [4.78, 5) is 10.3. The lowest BCUT2D eigenvalue weighted by molar-refractivity contribution is -0.384. The molecule has 1 heterocycles. The van der Waals surface area contributed by atoms with Crippen molar-refractivity contribution in [1.29, 1.82) is 0 Å². The van der Waals surface area contributed by atoms with Gasteiger partial charge in [0.25, 0.3) is 5.69 Å². The average Bonchev–Trinajstić information content (AvgIpc) is 2.45. The van der Waals surface area contributed by atoms with Crippen LogP contribution < -0.4 is 16.6 Å². The fourth-order valence-electron chi connectivity index (χ4n) is 1.52. The number of rotatable bonds is 5. The van der Waals surface area contributed by atoms with Gasteiger partial charge in [-0.05, 0) is 18.2 Å². The van der Waals surface area contributed by atoms with E-state index in [0.717, 1.165) is 5.69 Å². The van der Waals surface area contributed by atoms with Crippen molar-refractivity contribution in [2.24, 2.45) is 5.84 Å². The number of hydrogen-bond acceptors (Lipinski definition) is 7. The van der Waals surface area contributed by atoms with Crippen LogP contribution in [0.5, 0.6) is 0 Å². The quantitative estimate of drug-likeness (QED) is 0.421. The normalized spacial score (nSPS) is 9.95. The molecule has 0 aliphatic heterocycles. The number of non-ortho nitro benzene ring substituents is 1. The molecule has 8 heteroatoms. The van der Waals surface area contributed by atoms with Gasteiger partial charge >= 0.3 is 0 Å². The summed E-state index contributed by atoms with van der Waals surface area (Å²) in [5.41, 5.74) is 4.11. The highest BCUT2D eigenvalue weighted by molar-refractivity contribution is 5.63. The zero-order chi connectivity index (χ0) is 13.7. The second-order valence-electron chi connectivity index (χ2n) is 3.74. The predicted molar refractivity (Wildman–Crippen MR) is 70.3 cm³/mol. The van der Waals surface area contributed by atoms with Crippen molar-refractivity contribution < 1.29 is 4.92 Å². The number of nitrogens with two attached hydrogens (primary N) is 1. The van der Waals surface area contributed by atoms with Crippen molar-refractivity contribution in [1.82, 2.24) is 10.2 Å². The van der Waals surface area contributed by atoms with Gasteiger partial charge in [0.15, 0.2) is 0 Å². The van der Waals surface area contributed by atoms with Crippen LogP contribution in [0.25, 0.3) is 0 Å². The van der Waals surface area contributed by atoms with Crippen molar-refractivity contribution in [3.63, 3.8) is 0 Å². The lowest BCUT2D eigenvalue weighted by atomic mass is 10.2. The molecule has 19 heavy (non-hydrogen) atoms. The topological polar surface area (TPSA) is 119 Å². The molecule has 2 aromatic rings. The second kappa shape index (κ2) is 5.74. The number of nitro groups is 1. The van der Waals surface area contributed by atoms with Gasteiger partial charge < -0.3 is 10.7 Å². The lowest BCUT2D eigenvalue weighted by Crippen LogP contribution is -2.08. The monoisotopic (exact) mass is 260 g/mol. The second-order valence-corrected chi connectivity index (χ2v) is 3.74. The largest absolute Gasteiger partial charge is 0.379 e. The van der Waals surface area contributed by atoms with Crippen LogP contribution >= 0.6 is 0 Å². The zero-order valence-corrected chi connectivity index (χ0v) is 9.91. The maximum absolute atomic E-state index is 10.8. The first kappa shape index (κ1) is 12.7. The highest BCUT2D eigenvalue weighted by Gasteiger charge is 2.09. The summed E-state index contributed by atoms with van der Waals surface area (Å²) in [7, 11) is 0. The van der Waals surface area contributed by atoms with Crippen molar-refractivity contribution in [3.05, 3.63) is 52.3 Å². The molecule has 0 spiro atoms. The van der Waals surface area contributed by atoms with E-state index in [9.17, 15) is 10.1 Å². The summed E-state index contributed by atoms with van der Waals surface area (Å²) in [5, 5.41) is 21.5. The maximum Gasteiger partial charge on any atom is 0.273 e. The van der Waals surface area contributed by atoms with Crippen LogP contribution in [0.3, 0.4) is 0 Å². The van der Waals surface area contributed by atoms with E-state index in [2.05, 4.69) is 20.9 Å². The molecule has 4 N–H and O–H groups in total. The Balaban J connectivity index is 2.15. The molecule has 98 valence electrons. The van der Waals surface area contributed by atoms with E-state index in [4.69, 9.17) is 5.84 Å². The lowest BCUT2D eigenvalue weighted by Gasteiger charge is -2.07. The van der Waals surface area contributed by atoms with Crippen LogP contribution in [-0.2, 0) is 6.54 Å². The Morgan fingerprint density at radius 1 is 1.32 bits per heavy atom. The van der Waals surface area contributed by atoms with Crippen LogP contribution in [-0.4, -0.2) is 15.1 Å². The van der Waals surface area contributed by atoms with Gasteiger partial charge in [0, 0.05) is 24.0 Å². The van der Waals surface area contributed by atoms with E-state index in [-0.39, 0.29) is 5.69 Å². The maximum atomic E-state index is 10.8. The van der Waals surface area contributed by atoms with Gasteiger partial charge in [0.2, 0.25) is 0 Å². The minimum Gasteiger partial charge on any atom is -0.379 e. The molecule has 1 aromatic heterocycles. The molecule has 1 aromatic carbocycles. The van der Waals surface area contributed by atoms with Crippen molar-refractivity contribution >= 4 is 17.1 Å². The molecule has 2 rings (SSSR count). The number of benzene rings is 1. The van der Waals surface area contributed by atoms with E-state index < -0.39 is 4.92 Å². The molecule has 0 fully saturated rings. The summed E-state index contributed by atoms with van der Waals surface area (Å²) in [5.74, 6) is 5.27. The fourth-order valence-corrected chi connectivity index (χ4v) is 1.52. The van der Waals surface area contributed by atoms with Gasteiger partial charge in [-0.2, -0.15) is 10.2 Å². The van der Waals surface area contributed by atoms with Gasteiger partial charge in [-0.15, -0.1) is 0 Å².